The van der Waals surface area contributed by atoms with Crippen molar-refractivity contribution in [2.75, 3.05) is 6.61 Å². The summed E-state index contributed by atoms with van der Waals surface area (Å²) in [5, 5.41) is 0. The Hall–Kier alpha value is -1.65. The van der Waals surface area contributed by atoms with Gasteiger partial charge in [-0.2, -0.15) is 61.5 Å². The third-order valence-electron chi connectivity index (χ3n) is 8.49. The Labute approximate surface area is 235 Å². The molecule has 0 saturated heterocycles. The lowest BCUT2D eigenvalue weighted by Gasteiger charge is -2.42. The molecule has 0 N–H and O–H groups in total. The zero-order valence-electron chi connectivity index (χ0n) is 22.5. The summed E-state index contributed by atoms with van der Waals surface area (Å²) < 4.78 is 219. The lowest BCUT2D eigenvalue weighted by Crippen LogP contribution is -2.74. The fourth-order valence-electron chi connectivity index (χ4n) is 5.72. The van der Waals surface area contributed by atoms with Gasteiger partial charge in [0.15, 0.2) is 6.61 Å². The first-order valence-corrected chi connectivity index (χ1v) is 13.4. The minimum absolute atomic E-state index is 0.00817. The van der Waals surface area contributed by atoms with Crippen LogP contribution in [-0.2, 0) is 9.53 Å². The van der Waals surface area contributed by atoms with Crippen LogP contribution >= 0.6 is 0 Å². The highest BCUT2D eigenvalue weighted by Crippen LogP contribution is 2.62. The molecular weight excluding hydrogens is 636 g/mol. The Morgan fingerprint density at radius 2 is 1.02 bits per heavy atom. The first-order valence-electron chi connectivity index (χ1n) is 13.4. The van der Waals surface area contributed by atoms with Crippen LogP contribution in [0.15, 0.2) is 0 Å². The number of carbonyl (C=O) groups is 1. The summed E-state index contributed by atoms with van der Waals surface area (Å²) in [7, 11) is 0. The maximum Gasteiger partial charge on any atom is 0.385 e. The maximum atomic E-state index is 14.1. The van der Waals surface area contributed by atoms with Gasteiger partial charge in [-0.25, -0.2) is 8.78 Å². The van der Waals surface area contributed by atoms with Crippen molar-refractivity contribution in [1.29, 1.82) is 0 Å². The van der Waals surface area contributed by atoms with E-state index in [-0.39, 0.29) is 18.8 Å². The minimum Gasteiger partial charge on any atom is -0.459 e. The van der Waals surface area contributed by atoms with Gasteiger partial charge in [-0.15, -0.1) is 0 Å². The lowest BCUT2D eigenvalue weighted by molar-refractivity contribution is -0.447. The van der Waals surface area contributed by atoms with E-state index in [2.05, 4.69) is 11.7 Å². The standard InChI is InChI=1S/C25H30F16O2/c1-2-3-13-4-6-14(7-5-13)15-8-10-16(11-9-15)17(42)43-12-19(28,29)21(32,33)23(36,37)25(40,41)24(38,39)22(34,35)20(30,31)18(26)27/h13-16,18H,2-12H2,1H3/t13-,14-,15-,16-. The maximum absolute atomic E-state index is 14.1. The SMILES string of the molecule is CCC[C@H]1CC[C@H]([C@H]2CC[C@H](C(=O)OCC(F)(F)C(F)(F)C(F)(F)C(F)(F)C(F)(F)C(F)(F)C(F)(F)C(F)F)CC2)CC1. The van der Waals surface area contributed by atoms with Crippen molar-refractivity contribution in [2.24, 2.45) is 23.7 Å². The van der Waals surface area contributed by atoms with Crippen LogP contribution in [0.1, 0.15) is 71.1 Å². The zero-order valence-corrected chi connectivity index (χ0v) is 22.5. The monoisotopic (exact) mass is 666 g/mol. The number of hydrogen-bond donors (Lipinski definition) is 0. The Morgan fingerprint density at radius 1 is 0.628 bits per heavy atom. The van der Waals surface area contributed by atoms with E-state index in [1.54, 1.807) is 0 Å². The number of carbonyl (C=O) groups excluding carboxylic acids is 1. The Balaban J connectivity index is 2.09. The highest BCUT2D eigenvalue weighted by molar-refractivity contribution is 5.72. The van der Waals surface area contributed by atoms with Crippen LogP contribution in [0.3, 0.4) is 0 Å². The van der Waals surface area contributed by atoms with Crippen LogP contribution in [0.2, 0.25) is 0 Å². The molecule has 0 aliphatic heterocycles. The molecule has 43 heavy (non-hydrogen) atoms. The summed E-state index contributed by atoms with van der Waals surface area (Å²) in [4.78, 5) is 12.2. The number of ether oxygens (including phenoxy) is 1. The van der Waals surface area contributed by atoms with Crippen molar-refractivity contribution >= 4 is 5.97 Å². The van der Waals surface area contributed by atoms with Crippen molar-refractivity contribution in [3.05, 3.63) is 0 Å². The van der Waals surface area contributed by atoms with Gasteiger partial charge in [0, 0.05) is 0 Å². The van der Waals surface area contributed by atoms with Gasteiger partial charge >= 0.3 is 53.9 Å². The molecule has 2 aliphatic rings. The molecule has 2 rings (SSSR count). The smallest absolute Gasteiger partial charge is 0.385 e. The van der Waals surface area contributed by atoms with E-state index in [0.717, 1.165) is 38.5 Å². The van der Waals surface area contributed by atoms with Crippen LogP contribution in [0.5, 0.6) is 0 Å². The molecule has 0 spiro atoms. The van der Waals surface area contributed by atoms with E-state index < -0.39 is 66.4 Å². The molecule has 2 aliphatic carbocycles. The molecule has 0 atom stereocenters. The topological polar surface area (TPSA) is 26.3 Å². The van der Waals surface area contributed by atoms with E-state index in [1.165, 1.54) is 0 Å². The quantitative estimate of drug-likeness (QED) is 0.145. The molecule has 0 aromatic rings. The second-order valence-corrected chi connectivity index (χ2v) is 11.3. The molecule has 2 fully saturated rings. The van der Waals surface area contributed by atoms with Crippen molar-refractivity contribution in [3.8, 4) is 0 Å². The number of esters is 1. The van der Waals surface area contributed by atoms with E-state index in [1.807, 2.05) is 0 Å². The van der Waals surface area contributed by atoms with Gasteiger partial charge < -0.3 is 4.74 Å². The lowest BCUT2D eigenvalue weighted by atomic mass is 9.69. The summed E-state index contributed by atoms with van der Waals surface area (Å²) >= 11 is 0. The normalized spacial score (nSPS) is 25.6. The van der Waals surface area contributed by atoms with Crippen LogP contribution in [0.4, 0.5) is 70.2 Å². The third kappa shape index (κ3) is 6.53. The molecule has 0 bridgehead atoms. The minimum atomic E-state index is -8.47. The Bertz CT molecular complexity index is 936. The van der Waals surface area contributed by atoms with Crippen molar-refractivity contribution in [1.82, 2.24) is 0 Å². The Kier molecular flexibility index (Phi) is 11.0. The summed E-state index contributed by atoms with van der Waals surface area (Å²) in [5.74, 6) is -56.9. The fraction of sp³-hybridized carbons (Fsp3) is 0.960. The first kappa shape index (κ1) is 37.5. The number of alkyl halides is 16. The van der Waals surface area contributed by atoms with Crippen molar-refractivity contribution in [2.45, 2.75) is 119 Å². The molecule has 2 saturated carbocycles. The highest BCUT2D eigenvalue weighted by atomic mass is 19.4. The molecule has 0 aromatic carbocycles. The van der Waals surface area contributed by atoms with Gasteiger partial charge in [-0.1, -0.05) is 32.6 Å². The average molecular weight is 666 g/mol. The first-order chi connectivity index (χ1) is 19.3. The van der Waals surface area contributed by atoms with Gasteiger partial charge in [0.25, 0.3) is 0 Å². The number of hydrogen-bond acceptors (Lipinski definition) is 2. The second-order valence-electron chi connectivity index (χ2n) is 11.3. The summed E-state index contributed by atoms with van der Waals surface area (Å²) in [5.41, 5.74) is 0. The van der Waals surface area contributed by atoms with E-state index in [9.17, 15) is 75.0 Å². The number of rotatable bonds is 13. The Morgan fingerprint density at radius 3 is 1.44 bits per heavy atom. The largest absolute Gasteiger partial charge is 0.459 e. The molecule has 0 aromatic heterocycles. The van der Waals surface area contributed by atoms with Crippen molar-refractivity contribution in [3.63, 3.8) is 0 Å². The predicted octanol–water partition coefficient (Wildman–Crippen LogP) is 9.65. The molecular formula is C25H30F16O2. The van der Waals surface area contributed by atoms with Gasteiger partial charge in [-0.3, -0.25) is 4.79 Å². The molecule has 0 heterocycles. The van der Waals surface area contributed by atoms with Crippen LogP contribution in [0, 0.1) is 23.7 Å². The zero-order chi connectivity index (χ0) is 33.4. The molecule has 254 valence electrons. The van der Waals surface area contributed by atoms with Crippen LogP contribution < -0.4 is 0 Å². The third-order valence-corrected chi connectivity index (χ3v) is 8.49. The van der Waals surface area contributed by atoms with Gasteiger partial charge in [0.1, 0.15) is 0 Å². The molecule has 0 unspecified atom stereocenters. The molecule has 2 nitrogen and oxygen atoms in total. The van der Waals surface area contributed by atoms with Gasteiger partial charge in [0.2, 0.25) is 0 Å². The molecule has 18 heteroatoms. The second kappa shape index (κ2) is 12.6. The predicted molar refractivity (Wildman–Crippen MR) is 117 cm³/mol. The van der Waals surface area contributed by atoms with Crippen molar-refractivity contribution < 1.29 is 79.8 Å². The summed E-state index contributed by atoms with van der Waals surface area (Å²) in [6, 6.07) is 0. The molecule has 0 amide bonds. The van der Waals surface area contributed by atoms with Crippen LogP contribution in [0.25, 0.3) is 0 Å². The average Bonchev–Trinajstić information content (AvgIpc) is 2.91. The summed E-state index contributed by atoms with van der Waals surface area (Å²) in [6.45, 7) is -1.05. The number of halogens is 16. The molecule has 0 radical (unpaired) electrons. The highest BCUT2D eigenvalue weighted by Gasteiger charge is 2.93. The van der Waals surface area contributed by atoms with Gasteiger partial charge in [0.05, 0.1) is 5.92 Å². The van der Waals surface area contributed by atoms with E-state index >= 15 is 0 Å². The summed E-state index contributed by atoms with van der Waals surface area (Å²) in [6.07, 6.45) is 0.900. The van der Waals surface area contributed by atoms with E-state index in [4.69, 9.17) is 0 Å². The van der Waals surface area contributed by atoms with Gasteiger partial charge in [-0.05, 0) is 56.3 Å². The van der Waals surface area contributed by atoms with Crippen LogP contribution in [-0.4, -0.2) is 60.5 Å². The van der Waals surface area contributed by atoms with E-state index in [0.29, 0.717) is 24.7 Å². The fourth-order valence-corrected chi connectivity index (χ4v) is 5.72.